The third-order valence-electron chi connectivity index (χ3n) is 2.77. The van der Waals surface area contributed by atoms with Crippen molar-refractivity contribution in [1.29, 1.82) is 5.26 Å². The van der Waals surface area contributed by atoms with Gasteiger partial charge < -0.3 is 9.84 Å². The highest BCUT2D eigenvalue weighted by atomic mass is 35.5. The van der Waals surface area contributed by atoms with Gasteiger partial charge in [-0.25, -0.2) is 0 Å². The number of carboxylic acid groups (broad SMARTS) is 1. The number of nitrogens with zero attached hydrogens (tertiary/aromatic N) is 1. The van der Waals surface area contributed by atoms with Gasteiger partial charge in [0.05, 0.1) is 18.1 Å². The standard InChI is InChI=1S/C16H13NO3.ClH/c17-10-13-6-7-15(14(8-13)9-16(18)19)20-11-12-4-2-1-3-5-12;/h1-8H,9,11H2,(H,18,19);1H. The lowest BCUT2D eigenvalue weighted by Gasteiger charge is -2.10. The zero-order valence-corrected chi connectivity index (χ0v) is 12.0. The molecule has 5 heteroatoms. The lowest BCUT2D eigenvalue weighted by atomic mass is 10.1. The van der Waals surface area contributed by atoms with E-state index in [1.54, 1.807) is 18.2 Å². The van der Waals surface area contributed by atoms with Gasteiger partial charge in [-0.2, -0.15) is 5.26 Å². The molecule has 0 atom stereocenters. The van der Waals surface area contributed by atoms with Gasteiger partial charge in [0.1, 0.15) is 12.4 Å². The van der Waals surface area contributed by atoms with Crippen molar-refractivity contribution in [3.05, 3.63) is 65.2 Å². The maximum Gasteiger partial charge on any atom is 0.307 e. The lowest BCUT2D eigenvalue weighted by Crippen LogP contribution is -2.04. The number of benzene rings is 2. The number of aliphatic carboxylic acids is 1. The topological polar surface area (TPSA) is 70.3 Å². The smallest absolute Gasteiger partial charge is 0.307 e. The Morgan fingerprint density at radius 1 is 1.19 bits per heavy atom. The SMILES string of the molecule is Cl.N#Cc1ccc(OCc2ccccc2)c(CC(=O)O)c1. The average Bonchev–Trinajstić information content (AvgIpc) is 2.46. The summed E-state index contributed by atoms with van der Waals surface area (Å²) in [5, 5.41) is 17.8. The van der Waals surface area contributed by atoms with Gasteiger partial charge in [0.2, 0.25) is 0 Å². The van der Waals surface area contributed by atoms with E-state index < -0.39 is 5.97 Å². The molecule has 0 amide bonds. The molecule has 1 N–H and O–H groups in total. The number of hydrogen-bond donors (Lipinski definition) is 1. The number of ether oxygens (including phenoxy) is 1. The number of hydrogen-bond acceptors (Lipinski definition) is 3. The molecule has 108 valence electrons. The van der Waals surface area contributed by atoms with Crippen LogP contribution in [0.1, 0.15) is 16.7 Å². The number of carbonyl (C=O) groups is 1. The molecule has 0 aliphatic heterocycles. The molecule has 0 fully saturated rings. The van der Waals surface area contributed by atoms with Crippen LogP contribution in [0.2, 0.25) is 0 Å². The Morgan fingerprint density at radius 2 is 1.90 bits per heavy atom. The summed E-state index contributed by atoms with van der Waals surface area (Å²) in [5.41, 5.74) is 1.93. The second-order valence-corrected chi connectivity index (χ2v) is 4.28. The molecule has 2 rings (SSSR count). The highest BCUT2D eigenvalue weighted by molar-refractivity contribution is 5.85. The van der Waals surface area contributed by atoms with Crippen LogP contribution in [-0.4, -0.2) is 11.1 Å². The number of nitriles is 1. The van der Waals surface area contributed by atoms with Gasteiger partial charge in [-0.05, 0) is 23.8 Å². The van der Waals surface area contributed by atoms with Crippen molar-refractivity contribution in [2.75, 3.05) is 0 Å². The number of halogens is 1. The highest BCUT2D eigenvalue weighted by Crippen LogP contribution is 2.22. The predicted octanol–water partition coefficient (Wildman–Crippen LogP) is 3.19. The molecular weight excluding hydrogens is 290 g/mol. The Hall–Kier alpha value is -2.51. The molecule has 0 saturated carbocycles. The van der Waals surface area contributed by atoms with Crippen molar-refractivity contribution in [2.45, 2.75) is 13.0 Å². The molecule has 0 saturated heterocycles. The number of rotatable bonds is 5. The monoisotopic (exact) mass is 303 g/mol. The minimum Gasteiger partial charge on any atom is -0.489 e. The second-order valence-electron chi connectivity index (χ2n) is 4.28. The highest BCUT2D eigenvalue weighted by Gasteiger charge is 2.09. The summed E-state index contributed by atoms with van der Waals surface area (Å²) in [4.78, 5) is 10.9. The van der Waals surface area contributed by atoms with Crippen LogP contribution in [0.15, 0.2) is 48.5 Å². The van der Waals surface area contributed by atoms with Crippen LogP contribution in [0.5, 0.6) is 5.75 Å². The molecule has 0 heterocycles. The average molecular weight is 304 g/mol. The quantitative estimate of drug-likeness (QED) is 0.921. The van der Waals surface area contributed by atoms with Crippen LogP contribution in [0.3, 0.4) is 0 Å². The molecular formula is C16H14ClNO3. The van der Waals surface area contributed by atoms with Gasteiger partial charge in [-0.3, -0.25) is 4.79 Å². The Bertz CT molecular complexity index is 650. The predicted molar refractivity (Wildman–Crippen MR) is 80.5 cm³/mol. The van der Waals surface area contributed by atoms with Crippen LogP contribution >= 0.6 is 12.4 Å². The number of carboxylic acids is 1. The fourth-order valence-electron chi connectivity index (χ4n) is 1.83. The van der Waals surface area contributed by atoms with Gasteiger partial charge in [0.25, 0.3) is 0 Å². The van der Waals surface area contributed by atoms with Gasteiger partial charge in [-0.15, -0.1) is 12.4 Å². The van der Waals surface area contributed by atoms with Crippen molar-refractivity contribution in [2.24, 2.45) is 0 Å². The third-order valence-corrected chi connectivity index (χ3v) is 2.77. The molecule has 0 unspecified atom stereocenters. The molecule has 0 aromatic heterocycles. The molecule has 0 spiro atoms. The van der Waals surface area contributed by atoms with E-state index in [2.05, 4.69) is 0 Å². The lowest BCUT2D eigenvalue weighted by molar-refractivity contribution is -0.136. The molecule has 0 bridgehead atoms. The van der Waals surface area contributed by atoms with E-state index in [0.29, 0.717) is 23.5 Å². The van der Waals surface area contributed by atoms with E-state index in [1.807, 2.05) is 36.4 Å². The molecule has 21 heavy (non-hydrogen) atoms. The molecule has 2 aromatic carbocycles. The maximum absolute atomic E-state index is 10.9. The summed E-state index contributed by atoms with van der Waals surface area (Å²) >= 11 is 0. The molecule has 4 nitrogen and oxygen atoms in total. The van der Waals surface area contributed by atoms with E-state index in [0.717, 1.165) is 5.56 Å². The van der Waals surface area contributed by atoms with Crippen LogP contribution in [0.4, 0.5) is 0 Å². The largest absolute Gasteiger partial charge is 0.489 e. The first kappa shape index (κ1) is 16.5. The molecule has 0 aliphatic rings. The summed E-state index contributed by atoms with van der Waals surface area (Å²) in [6.45, 7) is 0.360. The summed E-state index contributed by atoms with van der Waals surface area (Å²) in [7, 11) is 0. The van der Waals surface area contributed by atoms with E-state index in [4.69, 9.17) is 15.1 Å². The summed E-state index contributed by atoms with van der Waals surface area (Å²) in [6.07, 6.45) is -0.167. The fourth-order valence-corrected chi connectivity index (χ4v) is 1.83. The second kappa shape index (κ2) is 7.93. The first-order valence-corrected chi connectivity index (χ1v) is 6.10. The Morgan fingerprint density at radius 3 is 2.52 bits per heavy atom. The molecule has 0 aliphatic carbocycles. The fraction of sp³-hybridized carbons (Fsp3) is 0.125. The van der Waals surface area contributed by atoms with Crippen molar-refractivity contribution >= 4 is 18.4 Å². The molecule has 0 radical (unpaired) electrons. The van der Waals surface area contributed by atoms with Crippen molar-refractivity contribution in [3.8, 4) is 11.8 Å². The Balaban J connectivity index is 0.00000220. The van der Waals surface area contributed by atoms with Crippen LogP contribution < -0.4 is 4.74 Å². The minimum absolute atomic E-state index is 0. The van der Waals surface area contributed by atoms with Crippen molar-refractivity contribution in [3.63, 3.8) is 0 Å². The van der Waals surface area contributed by atoms with Crippen molar-refractivity contribution in [1.82, 2.24) is 0 Å². The van der Waals surface area contributed by atoms with Crippen LogP contribution in [-0.2, 0) is 17.8 Å². The van der Waals surface area contributed by atoms with E-state index in [9.17, 15) is 4.79 Å². The first-order chi connectivity index (χ1) is 9.69. The van der Waals surface area contributed by atoms with Crippen LogP contribution in [0.25, 0.3) is 0 Å². The maximum atomic E-state index is 10.9. The summed E-state index contributed by atoms with van der Waals surface area (Å²) in [5.74, 6) is -0.458. The van der Waals surface area contributed by atoms with E-state index >= 15 is 0 Å². The van der Waals surface area contributed by atoms with Crippen LogP contribution in [0, 0.1) is 11.3 Å². The normalized spacial score (nSPS) is 9.29. The zero-order chi connectivity index (χ0) is 14.4. The van der Waals surface area contributed by atoms with Gasteiger partial charge >= 0.3 is 5.97 Å². The summed E-state index contributed by atoms with van der Waals surface area (Å²) in [6, 6.07) is 16.4. The van der Waals surface area contributed by atoms with E-state index in [1.165, 1.54) is 0 Å². The van der Waals surface area contributed by atoms with E-state index in [-0.39, 0.29) is 18.8 Å². The van der Waals surface area contributed by atoms with Gasteiger partial charge in [-0.1, -0.05) is 30.3 Å². The minimum atomic E-state index is -0.954. The molecule has 2 aromatic rings. The summed E-state index contributed by atoms with van der Waals surface area (Å²) < 4.78 is 5.65. The Labute approximate surface area is 129 Å². The van der Waals surface area contributed by atoms with Crippen molar-refractivity contribution < 1.29 is 14.6 Å². The third kappa shape index (κ3) is 4.83. The zero-order valence-electron chi connectivity index (χ0n) is 11.2. The van der Waals surface area contributed by atoms with Gasteiger partial charge in [0.15, 0.2) is 0 Å². The Kier molecular flexibility index (Phi) is 6.25. The first-order valence-electron chi connectivity index (χ1n) is 6.10. The van der Waals surface area contributed by atoms with Gasteiger partial charge in [0, 0.05) is 5.56 Å².